The van der Waals surface area contributed by atoms with Crippen molar-refractivity contribution in [2.75, 3.05) is 6.54 Å². The Labute approximate surface area is 154 Å². The molecule has 0 spiro atoms. The molecule has 9 nitrogen and oxygen atoms in total. The Hall–Kier alpha value is -1.94. The van der Waals surface area contributed by atoms with Crippen LogP contribution < -0.4 is 10.0 Å². The lowest BCUT2D eigenvalue weighted by Gasteiger charge is -2.18. The van der Waals surface area contributed by atoms with Gasteiger partial charge in [-0.1, -0.05) is 13.8 Å². The van der Waals surface area contributed by atoms with Crippen molar-refractivity contribution in [1.82, 2.24) is 19.8 Å². The number of aromatic nitrogens is 2. The highest BCUT2D eigenvalue weighted by atomic mass is 32.2. The van der Waals surface area contributed by atoms with Crippen LogP contribution in [0.4, 0.5) is 0 Å². The molecule has 0 aliphatic carbocycles. The van der Waals surface area contributed by atoms with Crippen LogP contribution in [0.2, 0.25) is 0 Å². The van der Waals surface area contributed by atoms with Crippen LogP contribution in [-0.4, -0.2) is 47.8 Å². The molecule has 0 saturated carbocycles. The second-order valence-corrected chi connectivity index (χ2v) is 8.53. The third-order valence-electron chi connectivity index (χ3n) is 4.06. The summed E-state index contributed by atoms with van der Waals surface area (Å²) in [5.41, 5.74) is 0.804. The number of nitrogens with one attached hydrogen (secondary N) is 2. The summed E-state index contributed by atoms with van der Waals surface area (Å²) in [5, 5.41) is 15.8. The van der Waals surface area contributed by atoms with Crippen LogP contribution in [0.1, 0.15) is 38.6 Å². The Kier molecular flexibility index (Phi) is 7.34. The molecule has 1 aromatic heterocycles. The van der Waals surface area contributed by atoms with Gasteiger partial charge in [0.05, 0.1) is 23.3 Å². The van der Waals surface area contributed by atoms with E-state index in [1.165, 1.54) is 11.6 Å². The second-order valence-electron chi connectivity index (χ2n) is 6.88. The van der Waals surface area contributed by atoms with Crippen molar-refractivity contribution >= 4 is 21.9 Å². The fraction of sp³-hybridized carbons (Fsp3) is 0.688. The first-order valence-electron chi connectivity index (χ1n) is 8.39. The zero-order valence-corrected chi connectivity index (χ0v) is 16.8. The minimum absolute atomic E-state index is 0.0443. The van der Waals surface area contributed by atoms with Crippen LogP contribution in [0, 0.1) is 25.7 Å². The number of nitrogens with zero attached hydrogens (tertiary/aromatic N) is 2. The normalized spacial score (nSPS) is 14.3. The topological polar surface area (TPSA) is 130 Å². The molecule has 3 N–H and O–H groups in total. The molecular weight excluding hydrogens is 360 g/mol. The summed E-state index contributed by atoms with van der Waals surface area (Å²) in [6.45, 7) is 8.36. The summed E-state index contributed by atoms with van der Waals surface area (Å²) >= 11 is 0. The van der Waals surface area contributed by atoms with Crippen molar-refractivity contribution in [1.29, 1.82) is 0 Å². The number of sulfonamides is 1. The molecule has 10 heteroatoms. The van der Waals surface area contributed by atoms with Gasteiger partial charge in [0.1, 0.15) is 4.90 Å². The number of hydrogen-bond acceptors (Lipinski definition) is 5. The van der Waals surface area contributed by atoms with Gasteiger partial charge in [0.25, 0.3) is 0 Å². The van der Waals surface area contributed by atoms with E-state index < -0.39 is 33.9 Å². The van der Waals surface area contributed by atoms with Gasteiger partial charge in [-0.15, -0.1) is 0 Å². The Bertz CT molecular complexity index is 770. The fourth-order valence-electron chi connectivity index (χ4n) is 2.71. The Balaban J connectivity index is 2.78. The number of carbonyl (C=O) groups excluding carboxylic acids is 1. The predicted octanol–water partition coefficient (Wildman–Crippen LogP) is 0.567. The molecule has 0 radical (unpaired) electrons. The van der Waals surface area contributed by atoms with Crippen LogP contribution in [0.15, 0.2) is 4.90 Å². The highest BCUT2D eigenvalue weighted by molar-refractivity contribution is 7.89. The number of carbonyl (C=O) groups is 2. The van der Waals surface area contributed by atoms with Crippen molar-refractivity contribution in [2.24, 2.45) is 18.9 Å². The summed E-state index contributed by atoms with van der Waals surface area (Å²) in [6.07, 6.45) is 0.420. The lowest BCUT2D eigenvalue weighted by Crippen LogP contribution is -2.46. The molecule has 0 saturated heterocycles. The van der Waals surface area contributed by atoms with Crippen LogP contribution in [0.25, 0.3) is 0 Å². The zero-order chi connectivity index (χ0) is 20.2. The smallest absolute Gasteiger partial charge is 0.308 e. The fourth-order valence-corrected chi connectivity index (χ4v) is 4.35. The third kappa shape index (κ3) is 5.53. The highest BCUT2D eigenvalue weighted by Gasteiger charge is 2.28. The monoisotopic (exact) mass is 388 g/mol. The first-order chi connectivity index (χ1) is 11.9. The summed E-state index contributed by atoms with van der Waals surface area (Å²) in [7, 11) is -2.29. The summed E-state index contributed by atoms with van der Waals surface area (Å²) in [5.74, 6) is -2.12. The second kappa shape index (κ2) is 8.63. The molecule has 2 unspecified atom stereocenters. The van der Waals surface area contributed by atoms with E-state index >= 15 is 0 Å². The number of carboxylic acids is 1. The van der Waals surface area contributed by atoms with Crippen LogP contribution >= 0.6 is 0 Å². The van der Waals surface area contributed by atoms with E-state index in [2.05, 4.69) is 15.1 Å². The van der Waals surface area contributed by atoms with Gasteiger partial charge >= 0.3 is 5.97 Å². The first-order valence-corrected chi connectivity index (χ1v) is 9.88. The van der Waals surface area contributed by atoms with E-state index in [1.54, 1.807) is 20.9 Å². The Morgan fingerprint density at radius 3 is 2.23 bits per heavy atom. The lowest BCUT2D eigenvalue weighted by molar-refractivity contribution is -0.142. The van der Waals surface area contributed by atoms with E-state index in [-0.39, 0.29) is 17.4 Å². The lowest BCUT2D eigenvalue weighted by atomic mass is 9.97. The van der Waals surface area contributed by atoms with Crippen molar-refractivity contribution in [3.63, 3.8) is 0 Å². The summed E-state index contributed by atoms with van der Waals surface area (Å²) < 4.78 is 28.9. The maximum Gasteiger partial charge on any atom is 0.308 e. The number of carboxylic acid groups (broad SMARTS) is 1. The molecule has 0 aromatic carbocycles. The van der Waals surface area contributed by atoms with E-state index in [0.717, 1.165) is 0 Å². The molecular formula is C16H28N4O5S. The van der Waals surface area contributed by atoms with E-state index in [9.17, 15) is 23.1 Å². The molecule has 1 heterocycles. The average molecular weight is 388 g/mol. The van der Waals surface area contributed by atoms with E-state index in [4.69, 9.17) is 0 Å². The molecule has 2 atom stereocenters. The van der Waals surface area contributed by atoms with Crippen LogP contribution in [-0.2, 0) is 26.7 Å². The van der Waals surface area contributed by atoms with Crippen LogP contribution in [0.5, 0.6) is 0 Å². The molecule has 0 fully saturated rings. The predicted molar refractivity (Wildman–Crippen MR) is 96.1 cm³/mol. The number of aliphatic carboxylic acids is 1. The number of amides is 1. The minimum Gasteiger partial charge on any atom is -0.481 e. The number of hydrogen-bond donors (Lipinski definition) is 3. The molecule has 0 aliphatic rings. The van der Waals surface area contributed by atoms with Gasteiger partial charge < -0.3 is 10.4 Å². The van der Waals surface area contributed by atoms with Crippen molar-refractivity contribution < 1.29 is 23.1 Å². The van der Waals surface area contributed by atoms with Gasteiger partial charge in [-0.05, 0) is 33.1 Å². The zero-order valence-electron chi connectivity index (χ0n) is 16.0. The Morgan fingerprint density at radius 1 is 1.23 bits per heavy atom. The van der Waals surface area contributed by atoms with Crippen molar-refractivity contribution in [2.45, 2.75) is 52.0 Å². The maximum absolute atomic E-state index is 12.6. The Morgan fingerprint density at radius 2 is 1.81 bits per heavy atom. The minimum atomic E-state index is -3.93. The average Bonchev–Trinajstić information content (AvgIpc) is 2.75. The SMILES string of the molecule is Cc1nn(C)c(C)c1S(=O)(=O)NC(C)C(=O)NCC(CC(C)C)C(=O)O. The molecule has 148 valence electrons. The van der Waals surface area contributed by atoms with Gasteiger partial charge in [-0.3, -0.25) is 14.3 Å². The molecule has 1 aromatic rings. The molecule has 0 aliphatic heterocycles. The first kappa shape index (κ1) is 22.1. The standard InChI is InChI=1S/C16H28N4O5S/c1-9(2)7-13(16(22)23)8-17-15(21)11(4)19-26(24,25)14-10(3)18-20(6)12(14)5/h9,11,13,19H,7-8H2,1-6H3,(H,17,21)(H,22,23). The summed E-state index contributed by atoms with van der Waals surface area (Å²) in [4.78, 5) is 23.5. The molecule has 0 bridgehead atoms. The largest absolute Gasteiger partial charge is 0.481 e. The summed E-state index contributed by atoms with van der Waals surface area (Å²) in [6, 6.07) is -1.05. The number of aryl methyl sites for hydroxylation is 2. The van der Waals surface area contributed by atoms with Gasteiger partial charge in [0.2, 0.25) is 15.9 Å². The quantitative estimate of drug-likeness (QED) is 0.567. The molecule has 1 amide bonds. The van der Waals surface area contributed by atoms with Crippen LogP contribution in [0.3, 0.4) is 0 Å². The van der Waals surface area contributed by atoms with E-state index in [0.29, 0.717) is 17.8 Å². The van der Waals surface area contributed by atoms with Gasteiger partial charge in [-0.2, -0.15) is 9.82 Å². The third-order valence-corrected chi connectivity index (χ3v) is 5.86. The van der Waals surface area contributed by atoms with Gasteiger partial charge in [0, 0.05) is 13.6 Å². The number of rotatable bonds is 9. The molecule has 26 heavy (non-hydrogen) atoms. The maximum atomic E-state index is 12.6. The highest BCUT2D eigenvalue weighted by Crippen LogP contribution is 2.18. The van der Waals surface area contributed by atoms with Crippen molar-refractivity contribution in [3.8, 4) is 0 Å². The van der Waals surface area contributed by atoms with Gasteiger partial charge in [0.15, 0.2) is 0 Å². The molecule has 1 rings (SSSR count). The van der Waals surface area contributed by atoms with Gasteiger partial charge in [-0.25, -0.2) is 8.42 Å². The van der Waals surface area contributed by atoms with E-state index in [1.807, 2.05) is 13.8 Å². The van der Waals surface area contributed by atoms with Crippen molar-refractivity contribution in [3.05, 3.63) is 11.4 Å².